The van der Waals surface area contributed by atoms with E-state index in [4.69, 9.17) is 37.9 Å². The molecule has 8 atom stereocenters. The van der Waals surface area contributed by atoms with Crippen LogP contribution in [0.25, 0.3) is 0 Å². The van der Waals surface area contributed by atoms with E-state index in [0.29, 0.717) is 50.3 Å². The molecule has 14 nitrogen and oxygen atoms in total. The Bertz CT molecular complexity index is 2270. The van der Waals surface area contributed by atoms with E-state index in [-0.39, 0.29) is 58.9 Å². The average molecular weight is 1080 g/mol. The zero-order valence-corrected chi connectivity index (χ0v) is 46.8. The molecule has 0 N–H and O–H groups in total. The maximum Gasteiger partial charge on any atom is 0.330 e. The second kappa shape index (κ2) is 29.0. The Kier molecular flexibility index (Phi) is 22.4. The van der Waals surface area contributed by atoms with Gasteiger partial charge < -0.3 is 47.7 Å². The highest BCUT2D eigenvalue weighted by Crippen LogP contribution is 2.45. The first-order valence-electron chi connectivity index (χ1n) is 26.8. The van der Waals surface area contributed by atoms with Gasteiger partial charge in [-0.05, 0) is 113 Å². The first-order valence-corrected chi connectivity index (χ1v) is 28.8. The molecule has 0 aromatic heterocycles. The fourth-order valence-electron chi connectivity index (χ4n) is 10.7. The third kappa shape index (κ3) is 16.5. The quantitative estimate of drug-likeness (QED) is 0.208. The van der Waals surface area contributed by atoms with Crippen molar-refractivity contribution in [1.29, 1.82) is 0 Å². The van der Waals surface area contributed by atoms with E-state index in [1.54, 1.807) is 40.6 Å². The van der Waals surface area contributed by atoms with Gasteiger partial charge in [-0.1, -0.05) is 108 Å². The number of fused-ring (bicyclic) bond motifs is 4. The lowest BCUT2D eigenvalue weighted by Gasteiger charge is -2.48. The second-order valence-electron chi connectivity index (χ2n) is 20.3. The second-order valence-corrected chi connectivity index (χ2v) is 22.2. The number of thioether (sulfide) groups is 2. The first kappa shape index (κ1) is 58.6. The molecule has 2 aromatic carbocycles. The van der Waals surface area contributed by atoms with Crippen LogP contribution in [-0.2, 0) is 51.1 Å². The molecule has 0 aliphatic carbocycles. The molecule has 0 saturated carbocycles. The SMILES string of the molecule is COc1ccc(CN2C(=O)SC[C@H]2[C@@]2(OC)C[C@H]3C[C@@H](CCC/C=C/C=C/CC/C(C)=C\C(=O)O3)O2)cc1.COc1ccc(CN2C(=O)SC[C@H]2[C@@]2(OC)C[C@H]3C[C@@H](CCC/C=C\C=C\CC/C(C)=C\C(=O)O3)O2)cc1. The molecule has 6 heterocycles. The molecule has 0 spiro atoms. The number of methoxy groups -OCH3 is 4. The molecule has 4 bridgehead atoms. The van der Waals surface area contributed by atoms with Crippen LogP contribution in [0.15, 0.2) is 120 Å². The van der Waals surface area contributed by atoms with Crippen molar-refractivity contribution in [1.82, 2.24) is 9.80 Å². The molecule has 16 heteroatoms. The van der Waals surface area contributed by atoms with Crippen LogP contribution in [0.5, 0.6) is 11.5 Å². The summed E-state index contributed by atoms with van der Waals surface area (Å²) >= 11 is 2.56. The van der Waals surface area contributed by atoms with E-state index in [0.717, 1.165) is 98.0 Å². The Morgan fingerprint density at radius 1 is 0.539 bits per heavy atom. The van der Waals surface area contributed by atoms with Crippen LogP contribution in [0, 0.1) is 0 Å². The largest absolute Gasteiger partial charge is 0.497 e. The summed E-state index contributed by atoms with van der Waals surface area (Å²) in [5.74, 6) is -0.170. The smallest absolute Gasteiger partial charge is 0.330 e. The number of allylic oxidation sites excluding steroid dienone is 10. The Hall–Kier alpha value is -5.10. The van der Waals surface area contributed by atoms with Gasteiger partial charge in [-0.3, -0.25) is 9.59 Å². The molecule has 4 fully saturated rings. The van der Waals surface area contributed by atoms with Crippen molar-refractivity contribution in [2.24, 2.45) is 0 Å². The standard InChI is InChI=1S/2C30H39NO6S/c2*1-22-11-9-7-5-4-6-8-10-12-25-18-26(36-28(32)17-22)19-30(35-3,37-25)27-21-38-29(33)31(27)20-23-13-15-24(34-2)16-14-23/h2*4-7,13-17,25-27H,8-12,18-21H2,1-3H3/b6-4+,7-5+,22-17-;6-4-,7-5+,22-17-/t2*25-,26-,27+,30-/m11/s1. The van der Waals surface area contributed by atoms with E-state index in [1.807, 2.05) is 72.2 Å². The maximum atomic E-state index is 13.0. The van der Waals surface area contributed by atoms with Crippen LogP contribution < -0.4 is 9.47 Å². The van der Waals surface area contributed by atoms with Crippen molar-refractivity contribution in [3.05, 3.63) is 132 Å². The van der Waals surface area contributed by atoms with Crippen molar-refractivity contribution in [2.75, 3.05) is 39.9 Å². The molecule has 8 rings (SSSR count). The van der Waals surface area contributed by atoms with Crippen LogP contribution >= 0.6 is 23.5 Å². The highest BCUT2D eigenvalue weighted by Gasteiger charge is 2.56. The van der Waals surface area contributed by atoms with E-state index in [9.17, 15) is 19.2 Å². The van der Waals surface area contributed by atoms with Crippen LogP contribution in [0.2, 0.25) is 0 Å². The monoisotopic (exact) mass is 1080 g/mol. The van der Waals surface area contributed by atoms with E-state index < -0.39 is 11.6 Å². The normalized spacial score (nSPS) is 32.2. The number of rotatable bonds is 10. The van der Waals surface area contributed by atoms with Gasteiger partial charge in [-0.15, -0.1) is 0 Å². The number of esters is 2. The van der Waals surface area contributed by atoms with Crippen molar-refractivity contribution < 1.29 is 57.1 Å². The average Bonchev–Trinajstić information content (AvgIpc) is 3.98. The summed E-state index contributed by atoms with van der Waals surface area (Å²) in [5.41, 5.74) is 3.97. The van der Waals surface area contributed by atoms with Crippen LogP contribution in [0.4, 0.5) is 9.59 Å². The number of hydrogen-bond donors (Lipinski definition) is 0. The topological polar surface area (TPSA) is 149 Å². The summed E-state index contributed by atoms with van der Waals surface area (Å²) in [4.78, 5) is 55.4. The Balaban J connectivity index is 0.000000221. The summed E-state index contributed by atoms with van der Waals surface area (Å²) in [5, 5.41) is -0.0135. The molecule has 0 unspecified atom stereocenters. The van der Waals surface area contributed by atoms with Gasteiger partial charge in [0.25, 0.3) is 10.5 Å². The number of amides is 2. The fraction of sp³-hybridized carbons (Fsp3) is 0.533. The van der Waals surface area contributed by atoms with Gasteiger partial charge in [0.05, 0.1) is 38.5 Å². The van der Waals surface area contributed by atoms with Gasteiger partial charge in [0.1, 0.15) is 23.7 Å². The zero-order chi connectivity index (χ0) is 53.9. The van der Waals surface area contributed by atoms with E-state index >= 15 is 0 Å². The van der Waals surface area contributed by atoms with Crippen LogP contribution in [0.3, 0.4) is 0 Å². The van der Waals surface area contributed by atoms with Crippen molar-refractivity contribution >= 4 is 45.9 Å². The van der Waals surface area contributed by atoms with Gasteiger partial charge in [-0.25, -0.2) is 9.59 Å². The molecule has 6 aliphatic rings. The fourth-order valence-corrected chi connectivity index (χ4v) is 12.9. The predicted molar refractivity (Wildman–Crippen MR) is 298 cm³/mol. The van der Waals surface area contributed by atoms with Crippen LogP contribution in [0.1, 0.15) is 115 Å². The lowest BCUT2D eigenvalue weighted by atomic mass is 9.90. The molecule has 2 aromatic rings. The lowest BCUT2D eigenvalue weighted by Crippen LogP contribution is -2.60. The number of hydrogen-bond acceptors (Lipinski definition) is 14. The molecule has 2 amide bonds. The highest BCUT2D eigenvalue weighted by molar-refractivity contribution is 8.14. The maximum absolute atomic E-state index is 13.0. The van der Waals surface area contributed by atoms with Crippen molar-refractivity contribution in [3.8, 4) is 11.5 Å². The van der Waals surface area contributed by atoms with E-state index in [2.05, 4.69) is 48.6 Å². The summed E-state index contributed by atoms with van der Waals surface area (Å²) in [6.45, 7) is 4.78. The highest BCUT2D eigenvalue weighted by atomic mass is 32.2. The number of nitrogens with zero attached hydrogens (tertiary/aromatic N) is 2. The molecule has 76 heavy (non-hydrogen) atoms. The minimum atomic E-state index is -1.07. The number of carbonyl (C=O) groups is 4. The Labute approximate surface area is 458 Å². The third-order valence-corrected chi connectivity index (χ3v) is 16.7. The molecule has 6 aliphatic heterocycles. The summed E-state index contributed by atoms with van der Waals surface area (Å²) < 4.78 is 48.2. The first-order chi connectivity index (χ1) is 36.8. The van der Waals surface area contributed by atoms with Crippen molar-refractivity contribution in [2.45, 2.75) is 165 Å². The van der Waals surface area contributed by atoms with Gasteiger partial charge in [0, 0.05) is 76.7 Å². The van der Waals surface area contributed by atoms with E-state index in [1.165, 1.54) is 23.5 Å². The molecule has 412 valence electrons. The van der Waals surface area contributed by atoms with Gasteiger partial charge >= 0.3 is 11.9 Å². The summed E-state index contributed by atoms with van der Waals surface area (Å²) in [6, 6.07) is 14.8. The third-order valence-electron chi connectivity index (χ3n) is 14.8. The Morgan fingerprint density at radius 2 is 0.921 bits per heavy atom. The van der Waals surface area contributed by atoms with Gasteiger partial charge in [0.2, 0.25) is 0 Å². The lowest BCUT2D eigenvalue weighted by molar-refractivity contribution is -0.306. The zero-order valence-electron chi connectivity index (χ0n) is 45.2. The van der Waals surface area contributed by atoms with Gasteiger partial charge in [0.15, 0.2) is 11.6 Å². The minimum Gasteiger partial charge on any atom is -0.497 e. The molecular formula is C60H78N2O12S2. The minimum absolute atomic E-state index is 0.00674. The summed E-state index contributed by atoms with van der Waals surface area (Å²) in [7, 11) is 6.53. The summed E-state index contributed by atoms with van der Waals surface area (Å²) in [6.07, 6.45) is 29.8. The number of carbonyl (C=O) groups excluding carboxylic acids is 4. The number of benzene rings is 2. The Morgan fingerprint density at radius 3 is 1.29 bits per heavy atom. The molecule has 4 saturated heterocycles. The van der Waals surface area contributed by atoms with Crippen molar-refractivity contribution in [3.63, 3.8) is 0 Å². The molecule has 0 radical (unpaired) electrons. The number of ether oxygens (including phenoxy) is 8. The van der Waals surface area contributed by atoms with Gasteiger partial charge in [-0.2, -0.15) is 0 Å². The van der Waals surface area contributed by atoms with Crippen LogP contribution in [-0.4, -0.2) is 120 Å². The molecular weight excluding hydrogens is 1000 g/mol. The predicted octanol–water partition coefficient (Wildman–Crippen LogP) is 12.4.